The number of ether oxygens (including phenoxy) is 1. The first-order chi connectivity index (χ1) is 6.86. The third-order valence-electron chi connectivity index (χ3n) is 1.74. The van der Waals surface area contributed by atoms with Crippen LogP contribution in [0.4, 0.5) is 0 Å². The lowest BCUT2D eigenvalue weighted by atomic mass is 10.3. The van der Waals surface area contributed by atoms with Crippen molar-refractivity contribution in [1.82, 2.24) is 20.2 Å². The Bertz CT molecular complexity index is 373. The monoisotopic (exact) mass is 190 g/mol. The van der Waals surface area contributed by atoms with Gasteiger partial charge in [-0.05, 0) is 24.3 Å². The van der Waals surface area contributed by atoms with Crippen molar-refractivity contribution >= 4 is 0 Å². The van der Waals surface area contributed by atoms with Crippen molar-refractivity contribution < 1.29 is 4.74 Å². The summed E-state index contributed by atoms with van der Waals surface area (Å²) in [6.07, 6.45) is 1.13. The van der Waals surface area contributed by atoms with Crippen LogP contribution >= 0.6 is 0 Å². The molecule has 1 atom stereocenters. The second kappa shape index (κ2) is 3.87. The summed E-state index contributed by atoms with van der Waals surface area (Å²) in [5.41, 5.74) is 0. The summed E-state index contributed by atoms with van der Waals surface area (Å²) in [5, 5.41) is 11.2. The van der Waals surface area contributed by atoms with E-state index in [1.807, 2.05) is 37.3 Å². The van der Waals surface area contributed by atoms with Crippen LogP contribution in [0.25, 0.3) is 0 Å². The standard InChI is InChI=1S/C9H10N4O/c1-8(13-11-7-10-12-13)14-9-5-3-2-4-6-9/h2-8H,1H3. The summed E-state index contributed by atoms with van der Waals surface area (Å²) in [6, 6.07) is 9.53. The first kappa shape index (κ1) is 8.68. The van der Waals surface area contributed by atoms with E-state index >= 15 is 0 Å². The smallest absolute Gasteiger partial charge is 0.208 e. The van der Waals surface area contributed by atoms with Crippen LogP contribution in [0, 0.1) is 0 Å². The topological polar surface area (TPSA) is 52.8 Å². The van der Waals surface area contributed by atoms with Crippen molar-refractivity contribution in [3.8, 4) is 5.75 Å². The van der Waals surface area contributed by atoms with Gasteiger partial charge in [-0.15, -0.1) is 15.0 Å². The molecule has 0 N–H and O–H groups in total. The van der Waals surface area contributed by atoms with Gasteiger partial charge in [-0.25, -0.2) is 0 Å². The van der Waals surface area contributed by atoms with Crippen LogP contribution in [0.5, 0.6) is 5.75 Å². The SMILES string of the molecule is CC(Oc1ccccc1)n1ncnn1. The van der Waals surface area contributed by atoms with Gasteiger partial charge in [0, 0.05) is 0 Å². The van der Waals surface area contributed by atoms with E-state index in [-0.39, 0.29) is 6.23 Å². The van der Waals surface area contributed by atoms with Crippen LogP contribution in [-0.4, -0.2) is 20.2 Å². The molecule has 0 amide bonds. The Morgan fingerprint density at radius 2 is 2.07 bits per heavy atom. The predicted molar refractivity (Wildman–Crippen MR) is 49.6 cm³/mol. The molecule has 1 unspecified atom stereocenters. The molecular weight excluding hydrogens is 180 g/mol. The Kier molecular flexibility index (Phi) is 2.40. The van der Waals surface area contributed by atoms with Gasteiger partial charge in [-0.2, -0.15) is 0 Å². The number of benzene rings is 1. The fraction of sp³-hybridized carbons (Fsp3) is 0.222. The van der Waals surface area contributed by atoms with Gasteiger partial charge in [0.15, 0.2) is 6.33 Å². The van der Waals surface area contributed by atoms with Crippen LogP contribution in [-0.2, 0) is 0 Å². The molecule has 2 rings (SSSR count). The van der Waals surface area contributed by atoms with Gasteiger partial charge in [-0.1, -0.05) is 18.2 Å². The zero-order valence-corrected chi connectivity index (χ0v) is 7.74. The number of nitrogens with zero attached hydrogens (tertiary/aromatic N) is 4. The number of rotatable bonds is 3. The lowest BCUT2D eigenvalue weighted by Crippen LogP contribution is -2.15. The molecule has 0 saturated carbocycles. The van der Waals surface area contributed by atoms with Crippen LogP contribution in [0.2, 0.25) is 0 Å². The van der Waals surface area contributed by atoms with Gasteiger partial charge in [-0.3, -0.25) is 0 Å². The highest BCUT2D eigenvalue weighted by Gasteiger charge is 2.06. The summed E-state index contributed by atoms with van der Waals surface area (Å²) in [7, 11) is 0. The quantitative estimate of drug-likeness (QED) is 0.731. The lowest BCUT2D eigenvalue weighted by Gasteiger charge is -2.12. The van der Waals surface area contributed by atoms with Crippen molar-refractivity contribution in [3.05, 3.63) is 36.7 Å². The summed E-state index contributed by atoms with van der Waals surface area (Å²) >= 11 is 0. The summed E-state index contributed by atoms with van der Waals surface area (Å²) in [5.74, 6) is 0.789. The molecule has 0 aliphatic rings. The first-order valence-electron chi connectivity index (χ1n) is 4.30. The second-order valence-corrected chi connectivity index (χ2v) is 2.79. The third-order valence-corrected chi connectivity index (χ3v) is 1.74. The van der Waals surface area contributed by atoms with Crippen LogP contribution in [0.3, 0.4) is 0 Å². The maximum atomic E-state index is 5.56. The molecule has 0 radical (unpaired) electrons. The van der Waals surface area contributed by atoms with E-state index in [1.165, 1.54) is 11.1 Å². The molecule has 5 heteroatoms. The van der Waals surface area contributed by atoms with E-state index in [0.717, 1.165) is 5.75 Å². The van der Waals surface area contributed by atoms with E-state index in [1.54, 1.807) is 0 Å². The van der Waals surface area contributed by atoms with Crippen molar-refractivity contribution in [1.29, 1.82) is 0 Å². The minimum absolute atomic E-state index is 0.250. The maximum Gasteiger partial charge on any atom is 0.208 e. The minimum atomic E-state index is -0.250. The number of hydrogen-bond donors (Lipinski definition) is 0. The molecule has 2 aromatic rings. The first-order valence-corrected chi connectivity index (χ1v) is 4.30. The summed E-state index contributed by atoms with van der Waals surface area (Å²) < 4.78 is 5.56. The Morgan fingerprint density at radius 3 is 2.71 bits per heavy atom. The second-order valence-electron chi connectivity index (χ2n) is 2.79. The van der Waals surface area contributed by atoms with Gasteiger partial charge in [0.25, 0.3) is 0 Å². The maximum absolute atomic E-state index is 5.56. The number of tetrazole rings is 1. The van der Waals surface area contributed by atoms with Crippen molar-refractivity contribution in [2.24, 2.45) is 0 Å². The molecule has 1 aromatic heterocycles. The van der Waals surface area contributed by atoms with E-state index in [2.05, 4.69) is 15.4 Å². The van der Waals surface area contributed by atoms with Crippen LogP contribution in [0.1, 0.15) is 13.2 Å². The van der Waals surface area contributed by atoms with E-state index < -0.39 is 0 Å². The highest BCUT2D eigenvalue weighted by molar-refractivity contribution is 5.20. The number of para-hydroxylation sites is 1. The normalized spacial score (nSPS) is 12.4. The highest BCUT2D eigenvalue weighted by atomic mass is 16.5. The zero-order valence-electron chi connectivity index (χ0n) is 7.74. The molecule has 0 spiro atoms. The molecule has 0 fully saturated rings. The number of aromatic nitrogens is 4. The molecule has 5 nitrogen and oxygen atoms in total. The van der Waals surface area contributed by atoms with Gasteiger partial charge in [0.1, 0.15) is 5.75 Å². The van der Waals surface area contributed by atoms with Crippen LogP contribution in [0.15, 0.2) is 36.7 Å². The molecular formula is C9H10N4O. The van der Waals surface area contributed by atoms with Crippen molar-refractivity contribution in [2.75, 3.05) is 0 Å². The fourth-order valence-corrected chi connectivity index (χ4v) is 1.08. The molecule has 0 bridgehead atoms. The third kappa shape index (κ3) is 1.87. The zero-order chi connectivity index (χ0) is 9.80. The van der Waals surface area contributed by atoms with Crippen LogP contribution < -0.4 is 4.74 Å². The van der Waals surface area contributed by atoms with Crippen molar-refractivity contribution in [3.63, 3.8) is 0 Å². The predicted octanol–water partition coefficient (Wildman–Crippen LogP) is 1.27. The van der Waals surface area contributed by atoms with E-state index in [9.17, 15) is 0 Å². The summed E-state index contributed by atoms with van der Waals surface area (Å²) in [4.78, 5) is 1.41. The molecule has 0 saturated heterocycles. The number of hydrogen-bond acceptors (Lipinski definition) is 4. The van der Waals surface area contributed by atoms with Crippen molar-refractivity contribution in [2.45, 2.75) is 13.2 Å². The molecule has 1 heterocycles. The van der Waals surface area contributed by atoms with Gasteiger partial charge >= 0.3 is 0 Å². The lowest BCUT2D eigenvalue weighted by molar-refractivity contribution is 0.119. The molecule has 72 valence electrons. The van der Waals surface area contributed by atoms with E-state index in [0.29, 0.717) is 0 Å². The average molecular weight is 190 g/mol. The van der Waals surface area contributed by atoms with E-state index in [4.69, 9.17) is 4.74 Å². The Labute approximate surface area is 81.3 Å². The highest BCUT2D eigenvalue weighted by Crippen LogP contribution is 2.14. The molecule has 0 aliphatic carbocycles. The molecule has 0 aliphatic heterocycles. The largest absolute Gasteiger partial charge is 0.467 e. The minimum Gasteiger partial charge on any atom is -0.467 e. The van der Waals surface area contributed by atoms with Gasteiger partial charge in [0.05, 0.1) is 0 Å². The van der Waals surface area contributed by atoms with Gasteiger partial charge in [0.2, 0.25) is 6.23 Å². The Morgan fingerprint density at radius 1 is 1.29 bits per heavy atom. The van der Waals surface area contributed by atoms with Gasteiger partial charge < -0.3 is 4.74 Å². The molecule has 1 aromatic carbocycles. The Hall–Kier alpha value is -1.91. The summed E-state index contributed by atoms with van der Waals surface area (Å²) in [6.45, 7) is 1.86. The molecule has 14 heavy (non-hydrogen) atoms. The fourth-order valence-electron chi connectivity index (χ4n) is 1.08. The Balaban J connectivity index is 2.06. The average Bonchev–Trinajstić information content (AvgIpc) is 2.72.